The first kappa shape index (κ1) is 28.8. The zero-order valence-electron chi connectivity index (χ0n) is 26.7. The minimum absolute atomic E-state index is 0.538. The monoisotopic (exact) mass is 635 g/mol. The molecule has 0 fully saturated rings. The Balaban J connectivity index is 1.21. The quantitative estimate of drug-likeness (QED) is 0.193. The van der Waals surface area contributed by atoms with Crippen molar-refractivity contribution in [1.82, 2.24) is 9.13 Å². The molecule has 0 aliphatic heterocycles. The van der Waals surface area contributed by atoms with Gasteiger partial charge in [0.2, 0.25) is 0 Å². The molecule has 7 aromatic carbocycles. The van der Waals surface area contributed by atoms with Gasteiger partial charge in [-0.15, -0.1) is 0 Å². The largest absolute Gasteiger partial charge is 0.309 e. The maximum atomic E-state index is 10.5. The highest BCUT2D eigenvalue weighted by atomic mass is 15.0. The van der Waals surface area contributed by atoms with Crippen LogP contribution in [-0.4, -0.2) is 9.13 Å². The zero-order chi connectivity index (χ0) is 33.8. The molecule has 2 heterocycles. The van der Waals surface area contributed by atoms with E-state index in [0.717, 1.165) is 77.2 Å². The van der Waals surface area contributed by atoms with E-state index in [4.69, 9.17) is 0 Å². The van der Waals surface area contributed by atoms with Crippen molar-refractivity contribution in [2.75, 3.05) is 0 Å². The molecule has 50 heavy (non-hydrogen) atoms. The molecule has 0 aliphatic carbocycles. The molecule has 0 amide bonds. The van der Waals surface area contributed by atoms with E-state index in [-0.39, 0.29) is 0 Å². The highest BCUT2D eigenvalue weighted by molar-refractivity contribution is 6.11. The smallest absolute Gasteiger partial charge is 0.101 e. The highest BCUT2D eigenvalue weighted by Crippen LogP contribution is 2.39. The van der Waals surface area contributed by atoms with Crippen LogP contribution in [0.3, 0.4) is 0 Å². The topological polar surface area (TPSA) is 81.2 Å². The van der Waals surface area contributed by atoms with Crippen molar-refractivity contribution in [3.8, 4) is 51.8 Å². The Morgan fingerprint density at radius 3 is 1.56 bits per heavy atom. The van der Waals surface area contributed by atoms with Crippen LogP contribution in [0.4, 0.5) is 0 Å². The van der Waals surface area contributed by atoms with Gasteiger partial charge in [-0.1, -0.05) is 91.0 Å². The van der Waals surface area contributed by atoms with E-state index in [9.17, 15) is 15.8 Å². The zero-order valence-corrected chi connectivity index (χ0v) is 26.7. The molecule has 0 bridgehead atoms. The summed E-state index contributed by atoms with van der Waals surface area (Å²) in [5, 5.41) is 34.7. The molecule has 0 radical (unpaired) electrons. The molecule has 0 saturated carbocycles. The standard InChI is InChI=1S/C45H25N5/c46-26-29-17-22-44-39(23-29)38-12-4-8-16-43(38)49(44)40-13-5-1-9-35(40)30-20-21-34(33(24-30)28-48)31-18-19-32(27-47)45(25-31)50-41-14-6-2-10-36(41)37-11-3-7-15-42(37)50/h1-25H. The van der Waals surface area contributed by atoms with Crippen molar-refractivity contribution in [2.24, 2.45) is 0 Å². The number of aromatic nitrogens is 2. The van der Waals surface area contributed by atoms with Crippen LogP contribution in [0, 0.1) is 34.0 Å². The summed E-state index contributed by atoms with van der Waals surface area (Å²) in [5.74, 6) is 0. The van der Waals surface area contributed by atoms with Gasteiger partial charge in [-0.05, 0) is 77.4 Å². The number of nitriles is 3. The number of nitrogens with zero attached hydrogens (tertiary/aromatic N) is 5. The van der Waals surface area contributed by atoms with Gasteiger partial charge < -0.3 is 9.13 Å². The van der Waals surface area contributed by atoms with Crippen molar-refractivity contribution in [3.05, 3.63) is 168 Å². The van der Waals surface area contributed by atoms with Crippen LogP contribution < -0.4 is 0 Å². The van der Waals surface area contributed by atoms with Gasteiger partial charge in [-0.25, -0.2) is 0 Å². The normalized spacial score (nSPS) is 11.1. The molecule has 0 saturated heterocycles. The van der Waals surface area contributed by atoms with E-state index in [1.54, 1.807) is 0 Å². The van der Waals surface area contributed by atoms with Crippen molar-refractivity contribution in [2.45, 2.75) is 0 Å². The lowest BCUT2D eigenvalue weighted by Crippen LogP contribution is -1.99. The van der Waals surface area contributed by atoms with Gasteiger partial charge in [0, 0.05) is 27.1 Å². The number of hydrogen-bond donors (Lipinski definition) is 0. The summed E-state index contributed by atoms with van der Waals surface area (Å²) in [6.07, 6.45) is 0. The summed E-state index contributed by atoms with van der Waals surface area (Å²) in [7, 11) is 0. The van der Waals surface area contributed by atoms with Crippen molar-refractivity contribution < 1.29 is 0 Å². The summed E-state index contributed by atoms with van der Waals surface area (Å²) in [6.45, 7) is 0. The van der Waals surface area contributed by atoms with Crippen LogP contribution in [0.25, 0.3) is 77.2 Å². The fraction of sp³-hybridized carbons (Fsp3) is 0. The average Bonchev–Trinajstić information content (AvgIpc) is 3.70. The first-order valence-corrected chi connectivity index (χ1v) is 16.3. The molecule has 9 aromatic rings. The second-order valence-corrected chi connectivity index (χ2v) is 12.3. The third-order valence-electron chi connectivity index (χ3n) is 9.65. The molecule has 0 atom stereocenters. The Bertz CT molecular complexity index is 2920. The lowest BCUT2D eigenvalue weighted by molar-refractivity contribution is 1.17. The molecule has 9 rings (SSSR count). The number of fused-ring (bicyclic) bond motifs is 6. The van der Waals surface area contributed by atoms with E-state index in [1.807, 2.05) is 97.1 Å². The Labute approximate surface area is 287 Å². The number of benzene rings is 7. The van der Waals surface area contributed by atoms with Gasteiger partial charge in [-0.3, -0.25) is 0 Å². The molecule has 2 aromatic heterocycles. The van der Waals surface area contributed by atoms with Gasteiger partial charge in [0.1, 0.15) is 6.07 Å². The second-order valence-electron chi connectivity index (χ2n) is 12.3. The summed E-state index contributed by atoms with van der Waals surface area (Å²) < 4.78 is 4.38. The first-order chi connectivity index (χ1) is 24.7. The third-order valence-corrected chi connectivity index (χ3v) is 9.65. The van der Waals surface area contributed by atoms with Crippen LogP contribution in [0.15, 0.2) is 152 Å². The number of rotatable bonds is 4. The first-order valence-electron chi connectivity index (χ1n) is 16.3. The summed E-state index contributed by atoms with van der Waals surface area (Å²) >= 11 is 0. The maximum Gasteiger partial charge on any atom is 0.101 e. The van der Waals surface area contributed by atoms with Crippen LogP contribution in [0.5, 0.6) is 0 Å². The van der Waals surface area contributed by atoms with Crippen LogP contribution in [-0.2, 0) is 0 Å². The second kappa shape index (κ2) is 11.4. The van der Waals surface area contributed by atoms with Gasteiger partial charge in [-0.2, -0.15) is 15.8 Å². The molecule has 0 N–H and O–H groups in total. The van der Waals surface area contributed by atoms with Gasteiger partial charge >= 0.3 is 0 Å². The maximum absolute atomic E-state index is 10.5. The third kappa shape index (κ3) is 4.31. The molecule has 230 valence electrons. The van der Waals surface area contributed by atoms with E-state index in [2.05, 4.69) is 81.9 Å². The minimum atomic E-state index is 0.538. The van der Waals surface area contributed by atoms with Gasteiger partial charge in [0.25, 0.3) is 0 Å². The average molecular weight is 636 g/mol. The predicted octanol–water partition coefficient (Wildman–Crippen LogP) is 10.8. The fourth-order valence-corrected chi connectivity index (χ4v) is 7.43. The molecule has 0 spiro atoms. The lowest BCUT2D eigenvalue weighted by atomic mass is 9.93. The van der Waals surface area contributed by atoms with Crippen LogP contribution in [0.2, 0.25) is 0 Å². The van der Waals surface area contributed by atoms with E-state index in [1.165, 1.54) is 0 Å². The SMILES string of the molecule is N#Cc1ccc2c(c1)c1ccccc1n2-c1ccccc1-c1ccc(-c2ccc(C#N)c(-n3c4ccccc4c4ccccc43)c2)c(C#N)c1. The Kier molecular flexibility index (Phi) is 6.56. The highest BCUT2D eigenvalue weighted by Gasteiger charge is 2.19. The molecule has 0 unspecified atom stereocenters. The van der Waals surface area contributed by atoms with E-state index < -0.39 is 0 Å². The molecule has 5 heteroatoms. The van der Waals surface area contributed by atoms with Crippen molar-refractivity contribution >= 4 is 43.6 Å². The number of hydrogen-bond acceptors (Lipinski definition) is 3. The fourth-order valence-electron chi connectivity index (χ4n) is 7.43. The van der Waals surface area contributed by atoms with Crippen LogP contribution >= 0.6 is 0 Å². The van der Waals surface area contributed by atoms with Gasteiger partial charge in [0.05, 0.1) is 62.3 Å². The summed E-state index contributed by atoms with van der Waals surface area (Å²) in [6, 6.07) is 57.7. The lowest BCUT2D eigenvalue weighted by Gasteiger charge is -2.16. The van der Waals surface area contributed by atoms with E-state index >= 15 is 0 Å². The molecular formula is C45H25N5. The Hall–Kier alpha value is -7.39. The summed E-state index contributed by atoms with van der Waals surface area (Å²) in [4.78, 5) is 0. The molecule has 0 aliphatic rings. The van der Waals surface area contributed by atoms with Crippen molar-refractivity contribution in [1.29, 1.82) is 15.8 Å². The van der Waals surface area contributed by atoms with Gasteiger partial charge in [0.15, 0.2) is 0 Å². The Morgan fingerprint density at radius 1 is 0.360 bits per heavy atom. The predicted molar refractivity (Wildman–Crippen MR) is 200 cm³/mol. The minimum Gasteiger partial charge on any atom is -0.309 e. The summed E-state index contributed by atoms with van der Waals surface area (Å²) in [5.41, 5.74) is 11.1. The molecular weight excluding hydrogens is 611 g/mol. The van der Waals surface area contributed by atoms with E-state index in [0.29, 0.717) is 16.7 Å². The number of para-hydroxylation sites is 4. The van der Waals surface area contributed by atoms with Crippen LogP contribution in [0.1, 0.15) is 16.7 Å². The van der Waals surface area contributed by atoms with Crippen molar-refractivity contribution in [3.63, 3.8) is 0 Å². The molecule has 5 nitrogen and oxygen atoms in total. The Morgan fingerprint density at radius 2 is 0.900 bits per heavy atom.